The Kier molecular flexibility index (Phi) is 6.46. The zero-order chi connectivity index (χ0) is 19.6. The van der Waals surface area contributed by atoms with Crippen LogP contribution in [0.1, 0.15) is 33.1 Å². The van der Waals surface area contributed by atoms with Crippen molar-refractivity contribution in [3.05, 3.63) is 29.3 Å². The highest BCUT2D eigenvalue weighted by Crippen LogP contribution is 2.22. The van der Waals surface area contributed by atoms with E-state index in [1.165, 1.54) is 16.8 Å². The van der Waals surface area contributed by atoms with Crippen molar-refractivity contribution in [3.8, 4) is 0 Å². The molecule has 1 aromatic carbocycles. The molecular formula is C19H29ClN3O3S+. The summed E-state index contributed by atoms with van der Waals surface area (Å²) >= 11 is 5.94. The van der Waals surface area contributed by atoms with Gasteiger partial charge in [-0.15, -0.1) is 0 Å². The molecule has 1 N–H and O–H groups in total. The van der Waals surface area contributed by atoms with Crippen molar-refractivity contribution in [3.63, 3.8) is 0 Å². The van der Waals surface area contributed by atoms with Gasteiger partial charge < -0.3 is 9.80 Å². The molecule has 0 aromatic heterocycles. The first-order valence-electron chi connectivity index (χ1n) is 9.69. The highest BCUT2D eigenvalue weighted by atomic mass is 35.5. The number of likely N-dealkylation sites (tertiary alicyclic amines) is 1. The Hall–Kier alpha value is -1.15. The Morgan fingerprint density at radius 1 is 1.19 bits per heavy atom. The van der Waals surface area contributed by atoms with Gasteiger partial charge in [-0.2, -0.15) is 4.31 Å². The maximum atomic E-state index is 12.8. The second-order valence-electron chi connectivity index (χ2n) is 7.72. The molecule has 0 radical (unpaired) electrons. The van der Waals surface area contributed by atoms with E-state index in [0.29, 0.717) is 49.8 Å². The molecule has 1 amide bonds. The number of benzene rings is 1. The smallest absolute Gasteiger partial charge is 0.278 e. The monoisotopic (exact) mass is 414 g/mol. The molecule has 150 valence electrons. The number of nitrogens with zero attached hydrogens (tertiary/aromatic N) is 2. The molecule has 2 heterocycles. The normalized spacial score (nSPS) is 25.5. The number of hydrogen-bond donors (Lipinski definition) is 1. The van der Waals surface area contributed by atoms with Gasteiger partial charge in [0.05, 0.1) is 31.1 Å². The standard InChI is InChI=1S/C19H28ClN3O3S/c1-15-5-3-6-16(2)23(15)19(24)14-21-9-11-22(12-10-21)27(25,26)18-8-4-7-17(20)13-18/h4,7-8,13,15-16H,3,5-6,9-12,14H2,1-2H3/p+1/t15-,16+. The molecule has 0 unspecified atom stereocenters. The van der Waals surface area contributed by atoms with Gasteiger partial charge in [0, 0.05) is 17.1 Å². The predicted octanol–water partition coefficient (Wildman–Crippen LogP) is 1.02. The fourth-order valence-corrected chi connectivity index (χ4v) is 5.96. The van der Waals surface area contributed by atoms with Gasteiger partial charge in [0.25, 0.3) is 5.91 Å². The van der Waals surface area contributed by atoms with Gasteiger partial charge in [-0.3, -0.25) is 4.79 Å². The summed E-state index contributed by atoms with van der Waals surface area (Å²) in [6.07, 6.45) is 3.31. The van der Waals surface area contributed by atoms with Gasteiger partial charge in [0.15, 0.2) is 6.54 Å². The van der Waals surface area contributed by atoms with E-state index in [9.17, 15) is 13.2 Å². The quantitative estimate of drug-likeness (QED) is 0.800. The minimum Gasteiger partial charge on any atom is -0.332 e. The van der Waals surface area contributed by atoms with Gasteiger partial charge in [-0.1, -0.05) is 17.7 Å². The van der Waals surface area contributed by atoms with E-state index in [1.54, 1.807) is 18.2 Å². The lowest BCUT2D eigenvalue weighted by Gasteiger charge is -2.40. The van der Waals surface area contributed by atoms with Gasteiger partial charge in [-0.05, 0) is 51.3 Å². The van der Waals surface area contributed by atoms with E-state index in [2.05, 4.69) is 13.8 Å². The molecule has 27 heavy (non-hydrogen) atoms. The molecule has 6 nitrogen and oxygen atoms in total. The van der Waals surface area contributed by atoms with Crippen molar-refractivity contribution >= 4 is 27.5 Å². The van der Waals surface area contributed by atoms with Crippen molar-refractivity contribution in [1.82, 2.24) is 9.21 Å². The predicted molar refractivity (Wildman–Crippen MR) is 105 cm³/mol. The van der Waals surface area contributed by atoms with Crippen molar-refractivity contribution in [2.75, 3.05) is 32.7 Å². The molecule has 8 heteroatoms. The maximum absolute atomic E-state index is 12.8. The van der Waals surface area contributed by atoms with Crippen LogP contribution in [0.15, 0.2) is 29.2 Å². The number of quaternary nitrogens is 1. The number of carbonyl (C=O) groups is 1. The summed E-state index contributed by atoms with van der Waals surface area (Å²) in [5, 5.41) is 0.413. The molecule has 0 aliphatic carbocycles. The van der Waals surface area contributed by atoms with Crippen molar-refractivity contribution in [1.29, 1.82) is 0 Å². The van der Waals surface area contributed by atoms with Crippen LogP contribution in [0.3, 0.4) is 0 Å². The number of piperidine rings is 1. The average molecular weight is 415 g/mol. The van der Waals surface area contributed by atoms with E-state index in [-0.39, 0.29) is 10.8 Å². The third kappa shape index (κ3) is 4.65. The molecule has 2 aliphatic heterocycles. The first-order valence-corrected chi connectivity index (χ1v) is 11.5. The van der Waals surface area contributed by atoms with Gasteiger partial charge in [-0.25, -0.2) is 8.42 Å². The summed E-state index contributed by atoms with van der Waals surface area (Å²) in [5.74, 6) is 0.191. The van der Waals surface area contributed by atoms with Crippen LogP contribution in [-0.2, 0) is 14.8 Å². The Bertz CT molecular complexity index is 768. The van der Waals surface area contributed by atoms with Crippen LogP contribution < -0.4 is 4.90 Å². The minimum atomic E-state index is -3.53. The molecule has 1 aromatic rings. The summed E-state index contributed by atoms with van der Waals surface area (Å²) in [5.41, 5.74) is 0. The van der Waals surface area contributed by atoms with Crippen molar-refractivity contribution < 1.29 is 18.1 Å². The van der Waals surface area contributed by atoms with E-state index >= 15 is 0 Å². The molecule has 2 saturated heterocycles. The first-order chi connectivity index (χ1) is 12.8. The maximum Gasteiger partial charge on any atom is 0.278 e. The number of nitrogens with one attached hydrogen (secondary N) is 1. The number of sulfonamides is 1. The number of amides is 1. The number of piperazine rings is 1. The lowest BCUT2D eigenvalue weighted by Crippen LogP contribution is -3.15. The van der Waals surface area contributed by atoms with Gasteiger partial charge >= 0.3 is 0 Å². The second kappa shape index (κ2) is 8.47. The fraction of sp³-hybridized carbons (Fsp3) is 0.632. The Balaban J connectivity index is 1.58. The third-order valence-electron chi connectivity index (χ3n) is 5.75. The van der Waals surface area contributed by atoms with E-state index in [4.69, 9.17) is 11.6 Å². The van der Waals surface area contributed by atoms with E-state index in [0.717, 1.165) is 17.7 Å². The Morgan fingerprint density at radius 3 is 2.41 bits per heavy atom. The Morgan fingerprint density at radius 2 is 1.81 bits per heavy atom. The van der Waals surface area contributed by atoms with Crippen LogP contribution in [0.4, 0.5) is 0 Å². The lowest BCUT2D eigenvalue weighted by molar-refractivity contribution is -0.896. The summed E-state index contributed by atoms with van der Waals surface area (Å²) in [6.45, 7) is 6.81. The number of hydrogen-bond acceptors (Lipinski definition) is 3. The zero-order valence-corrected chi connectivity index (χ0v) is 17.6. The van der Waals surface area contributed by atoms with Crippen LogP contribution in [0, 0.1) is 0 Å². The van der Waals surface area contributed by atoms with Crippen LogP contribution in [-0.4, -0.2) is 68.3 Å². The summed E-state index contributed by atoms with van der Waals surface area (Å²) < 4.78 is 27.1. The molecule has 0 saturated carbocycles. The van der Waals surface area contributed by atoms with Crippen molar-refractivity contribution in [2.45, 2.75) is 50.1 Å². The molecule has 2 atom stereocenters. The summed E-state index contributed by atoms with van der Waals surface area (Å²) in [4.78, 5) is 16.2. The van der Waals surface area contributed by atoms with Crippen LogP contribution in [0.5, 0.6) is 0 Å². The Labute approximate surface area is 167 Å². The summed E-state index contributed by atoms with van der Waals surface area (Å²) in [7, 11) is -3.53. The lowest BCUT2D eigenvalue weighted by atomic mass is 9.97. The van der Waals surface area contributed by atoms with Crippen LogP contribution in [0.25, 0.3) is 0 Å². The number of halogens is 1. The second-order valence-corrected chi connectivity index (χ2v) is 10.1. The largest absolute Gasteiger partial charge is 0.332 e. The third-order valence-corrected chi connectivity index (χ3v) is 7.88. The highest BCUT2D eigenvalue weighted by Gasteiger charge is 2.34. The van der Waals surface area contributed by atoms with Crippen molar-refractivity contribution in [2.24, 2.45) is 0 Å². The number of carbonyl (C=O) groups excluding carboxylic acids is 1. The van der Waals surface area contributed by atoms with Crippen LogP contribution in [0.2, 0.25) is 5.02 Å². The molecule has 0 spiro atoms. The fourth-order valence-electron chi connectivity index (χ4n) is 4.21. The van der Waals surface area contributed by atoms with Crippen LogP contribution >= 0.6 is 11.6 Å². The van der Waals surface area contributed by atoms with E-state index in [1.807, 2.05) is 4.90 Å². The zero-order valence-electron chi connectivity index (χ0n) is 16.0. The van der Waals surface area contributed by atoms with Gasteiger partial charge in [0.1, 0.15) is 0 Å². The summed E-state index contributed by atoms with van der Waals surface area (Å²) in [6, 6.07) is 6.96. The number of rotatable bonds is 4. The van der Waals surface area contributed by atoms with E-state index < -0.39 is 10.0 Å². The topological polar surface area (TPSA) is 62.1 Å². The molecule has 2 fully saturated rings. The van der Waals surface area contributed by atoms with Gasteiger partial charge in [0.2, 0.25) is 10.0 Å². The molecule has 2 aliphatic rings. The SMILES string of the molecule is C[C@@H]1CCC[C@H](C)N1C(=O)C[NH+]1CCN(S(=O)(=O)c2cccc(Cl)c2)CC1. The molecule has 3 rings (SSSR count). The average Bonchev–Trinajstić information content (AvgIpc) is 2.62. The highest BCUT2D eigenvalue weighted by molar-refractivity contribution is 7.89. The molecule has 0 bridgehead atoms. The molecular weight excluding hydrogens is 386 g/mol. The minimum absolute atomic E-state index is 0.191. The first kappa shape index (κ1) is 20.6.